The van der Waals surface area contributed by atoms with E-state index in [9.17, 15) is 14.4 Å². The molecule has 0 spiro atoms. The Bertz CT molecular complexity index is 1600. The number of ether oxygens (including phenoxy) is 1. The molecule has 0 unspecified atom stereocenters. The number of benzene rings is 4. The Morgan fingerprint density at radius 1 is 0.744 bits per heavy atom. The van der Waals surface area contributed by atoms with E-state index in [1.165, 1.54) is 0 Å². The van der Waals surface area contributed by atoms with Crippen molar-refractivity contribution in [3.8, 4) is 11.5 Å². The zero-order valence-electron chi connectivity index (χ0n) is 21.2. The molecule has 1 aliphatic heterocycles. The maximum Gasteiger partial charge on any atom is 0.283 e. The van der Waals surface area contributed by atoms with E-state index in [2.05, 4.69) is 10.6 Å². The summed E-state index contributed by atoms with van der Waals surface area (Å²) in [5.41, 5.74) is 4.18. The molecule has 194 valence electrons. The van der Waals surface area contributed by atoms with Crippen LogP contribution in [0.2, 0.25) is 0 Å². The van der Waals surface area contributed by atoms with E-state index in [0.717, 1.165) is 16.0 Å². The van der Waals surface area contributed by atoms with Crippen LogP contribution >= 0.6 is 11.6 Å². The molecule has 0 atom stereocenters. The predicted molar refractivity (Wildman–Crippen MR) is 152 cm³/mol. The maximum atomic E-state index is 13.1. The summed E-state index contributed by atoms with van der Waals surface area (Å²) in [6.45, 7) is 3.99. The van der Waals surface area contributed by atoms with Crippen LogP contribution in [0.3, 0.4) is 0 Å². The van der Waals surface area contributed by atoms with Crippen LogP contribution in [-0.4, -0.2) is 17.7 Å². The number of carbonyl (C=O) groups excluding carboxylic acids is 3. The molecule has 0 aromatic heterocycles. The number of carbonyl (C=O) groups is 3. The van der Waals surface area contributed by atoms with Crippen LogP contribution in [-0.2, 0) is 9.59 Å². The molecule has 0 fully saturated rings. The molecule has 0 aliphatic carbocycles. The number of para-hydroxylation sites is 1. The van der Waals surface area contributed by atoms with Gasteiger partial charge in [0.2, 0.25) is 0 Å². The topological polar surface area (TPSA) is 87.7 Å². The second kappa shape index (κ2) is 10.8. The van der Waals surface area contributed by atoms with E-state index in [1.807, 2.05) is 62.4 Å². The fraction of sp³-hybridized carbons (Fsp3) is 0.0645. The molecule has 5 rings (SSSR count). The van der Waals surface area contributed by atoms with E-state index < -0.39 is 11.8 Å². The van der Waals surface area contributed by atoms with Crippen molar-refractivity contribution < 1.29 is 19.1 Å². The minimum absolute atomic E-state index is 0.0430. The highest BCUT2D eigenvalue weighted by Crippen LogP contribution is 2.32. The van der Waals surface area contributed by atoms with Crippen LogP contribution in [0.25, 0.3) is 0 Å². The molecule has 4 aromatic rings. The summed E-state index contributed by atoms with van der Waals surface area (Å²) in [5, 5.41) is 5.58. The van der Waals surface area contributed by atoms with Crippen molar-refractivity contribution in [1.29, 1.82) is 0 Å². The third kappa shape index (κ3) is 5.54. The van der Waals surface area contributed by atoms with Crippen molar-refractivity contribution in [3.05, 3.63) is 124 Å². The van der Waals surface area contributed by atoms with Crippen molar-refractivity contribution >= 4 is 46.4 Å². The van der Waals surface area contributed by atoms with Gasteiger partial charge in [0, 0.05) is 16.9 Å². The van der Waals surface area contributed by atoms with E-state index in [0.29, 0.717) is 34.1 Å². The van der Waals surface area contributed by atoms with E-state index in [4.69, 9.17) is 16.3 Å². The Hall–Kier alpha value is -4.88. The zero-order valence-corrected chi connectivity index (χ0v) is 22.0. The number of nitrogens with zero attached hydrogens (tertiary/aromatic N) is 1. The lowest BCUT2D eigenvalue weighted by Gasteiger charge is -2.16. The molecule has 1 aliphatic rings. The number of aryl methyl sites for hydroxylation is 2. The Morgan fingerprint density at radius 3 is 2.05 bits per heavy atom. The lowest BCUT2D eigenvalue weighted by atomic mass is 10.1. The van der Waals surface area contributed by atoms with Gasteiger partial charge < -0.3 is 15.4 Å². The standard InChI is InChI=1S/C31H24ClN3O4/c1-19-8-11-23(18-20(19)2)34-29(36)21-9-12-22(13-10-21)33-28-27(32)30(37)35(31(28)38)24-14-16-26(17-15-24)39-25-6-4-3-5-7-25/h3-18,33H,1-2H3,(H,34,36). The molecular formula is C31H24ClN3O4. The summed E-state index contributed by atoms with van der Waals surface area (Å²) in [5.74, 6) is -0.254. The van der Waals surface area contributed by atoms with E-state index >= 15 is 0 Å². The first kappa shape index (κ1) is 25.8. The van der Waals surface area contributed by atoms with Crippen molar-refractivity contribution in [1.82, 2.24) is 0 Å². The van der Waals surface area contributed by atoms with Gasteiger partial charge in [-0.25, -0.2) is 4.90 Å². The smallest absolute Gasteiger partial charge is 0.283 e. The number of rotatable bonds is 7. The second-order valence-electron chi connectivity index (χ2n) is 9.00. The SMILES string of the molecule is Cc1ccc(NC(=O)c2ccc(NC3=C(Cl)C(=O)N(c4ccc(Oc5ccccc5)cc4)C3=O)cc2)cc1C. The van der Waals surface area contributed by atoms with Gasteiger partial charge in [-0.1, -0.05) is 35.9 Å². The van der Waals surface area contributed by atoms with Crippen molar-refractivity contribution in [2.24, 2.45) is 0 Å². The van der Waals surface area contributed by atoms with Crippen LogP contribution in [0.1, 0.15) is 21.5 Å². The number of amides is 3. The van der Waals surface area contributed by atoms with Crippen molar-refractivity contribution in [2.75, 3.05) is 15.5 Å². The predicted octanol–water partition coefficient (Wildman–Crippen LogP) is 6.78. The Balaban J connectivity index is 1.25. The largest absolute Gasteiger partial charge is 0.457 e. The van der Waals surface area contributed by atoms with Crippen LogP contribution in [0.4, 0.5) is 17.1 Å². The van der Waals surface area contributed by atoms with Crippen LogP contribution in [0.15, 0.2) is 108 Å². The van der Waals surface area contributed by atoms with Gasteiger partial charge in [-0.15, -0.1) is 0 Å². The molecule has 1 heterocycles. The normalized spacial score (nSPS) is 13.1. The minimum atomic E-state index is -0.634. The monoisotopic (exact) mass is 537 g/mol. The number of anilines is 3. The van der Waals surface area contributed by atoms with Crippen molar-refractivity contribution in [3.63, 3.8) is 0 Å². The van der Waals surface area contributed by atoms with Crippen LogP contribution in [0.5, 0.6) is 11.5 Å². The zero-order chi connectivity index (χ0) is 27.5. The van der Waals surface area contributed by atoms with Gasteiger partial charge in [0.1, 0.15) is 22.2 Å². The summed E-state index contributed by atoms with van der Waals surface area (Å²) in [7, 11) is 0. The Morgan fingerprint density at radius 2 is 1.38 bits per heavy atom. The number of nitrogens with one attached hydrogen (secondary N) is 2. The first-order valence-corrected chi connectivity index (χ1v) is 12.5. The molecule has 0 saturated heterocycles. The number of hydrogen-bond acceptors (Lipinski definition) is 5. The molecule has 7 nitrogen and oxygen atoms in total. The first-order chi connectivity index (χ1) is 18.8. The molecule has 3 amide bonds. The number of imide groups is 1. The van der Waals surface area contributed by atoms with Gasteiger partial charge in [0.25, 0.3) is 17.7 Å². The number of hydrogen-bond donors (Lipinski definition) is 2. The highest BCUT2D eigenvalue weighted by molar-refractivity contribution is 6.53. The van der Waals surface area contributed by atoms with Gasteiger partial charge in [-0.2, -0.15) is 0 Å². The molecular weight excluding hydrogens is 514 g/mol. The van der Waals surface area contributed by atoms with E-state index in [-0.39, 0.29) is 16.6 Å². The average Bonchev–Trinajstić information content (AvgIpc) is 3.15. The summed E-state index contributed by atoms with van der Waals surface area (Å²) >= 11 is 6.27. The summed E-state index contributed by atoms with van der Waals surface area (Å²) in [6, 6.07) is 28.1. The van der Waals surface area contributed by atoms with Crippen molar-refractivity contribution in [2.45, 2.75) is 13.8 Å². The lowest BCUT2D eigenvalue weighted by molar-refractivity contribution is -0.120. The maximum absolute atomic E-state index is 13.1. The van der Waals surface area contributed by atoms with Crippen LogP contribution in [0, 0.1) is 13.8 Å². The van der Waals surface area contributed by atoms with Gasteiger partial charge in [-0.05, 0) is 97.8 Å². The van der Waals surface area contributed by atoms with Gasteiger partial charge >= 0.3 is 0 Å². The first-order valence-electron chi connectivity index (χ1n) is 12.2. The van der Waals surface area contributed by atoms with E-state index in [1.54, 1.807) is 48.5 Å². The van der Waals surface area contributed by atoms with Gasteiger partial charge in [0.15, 0.2) is 0 Å². The second-order valence-corrected chi connectivity index (χ2v) is 9.38. The van der Waals surface area contributed by atoms with Crippen LogP contribution < -0.4 is 20.3 Å². The molecule has 0 bridgehead atoms. The highest BCUT2D eigenvalue weighted by Gasteiger charge is 2.39. The molecule has 0 radical (unpaired) electrons. The lowest BCUT2D eigenvalue weighted by Crippen LogP contribution is -2.32. The van der Waals surface area contributed by atoms with Gasteiger partial charge in [-0.3, -0.25) is 14.4 Å². The average molecular weight is 538 g/mol. The fourth-order valence-electron chi connectivity index (χ4n) is 4.01. The summed E-state index contributed by atoms with van der Waals surface area (Å²) in [6.07, 6.45) is 0. The molecule has 0 saturated carbocycles. The minimum Gasteiger partial charge on any atom is -0.457 e. The third-order valence-corrected chi connectivity index (χ3v) is 6.63. The molecule has 2 N–H and O–H groups in total. The molecule has 8 heteroatoms. The molecule has 4 aromatic carbocycles. The molecule has 39 heavy (non-hydrogen) atoms. The summed E-state index contributed by atoms with van der Waals surface area (Å²) in [4.78, 5) is 39.7. The Labute approximate surface area is 230 Å². The number of halogens is 1. The Kier molecular flexibility index (Phi) is 7.17. The fourth-order valence-corrected chi connectivity index (χ4v) is 4.22. The quantitative estimate of drug-likeness (QED) is 0.254. The summed E-state index contributed by atoms with van der Waals surface area (Å²) < 4.78 is 5.77. The van der Waals surface area contributed by atoms with Gasteiger partial charge in [0.05, 0.1) is 5.69 Å². The third-order valence-electron chi connectivity index (χ3n) is 6.28. The highest BCUT2D eigenvalue weighted by atomic mass is 35.5.